The molecular weight excluding hydrogens is 218 g/mol. The van der Waals surface area contributed by atoms with E-state index >= 15 is 0 Å². The van der Waals surface area contributed by atoms with Crippen LogP contribution in [0.5, 0.6) is 5.75 Å². The molecule has 5 nitrogen and oxygen atoms in total. The molecular formula is C9H13NO4S. The third kappa shape index (κ3) is 2.50. The van der Waals surface area contributed by atoms with Crippen molar-refractivity contribution in [2.45, 2.75) is 24.5 Å². The van der Waals surface area contributed by atoms with Gasteiger partial charge in [-0.15, -0.1) is 0 Å². The third-order valence-corrected chi connectivity index (χ3v) is 4.80. The molecule has 1 aliphatic rings. The van der Waals surface area contributed by atoms with E-state index in [0.29, 0.717) is 12.2 Å². The summed E-state index contributed by atoms with van der Waals surface area (Å²) in [6.45, 7) is 0.198. The van der Waals surface area contributed by atoms with Crippen molar-refractivity contribution in [3.8, 4) is 5.75 Å². The Hall–Kier alpha value is -1.04. The minimum Gasteiger partial charge on any atom is -0.487 e. The fraction of sp³-hybridized carbons (Fsp3) is 0.667. The van der Waals surface area contributed by atoms with E-state index in [1.54, 1.807) is 0 Å². The second kappa shape index (κ2) is 4.22. The van der Waals surface area contributed by atoms with Gasteiger partial charge in [0.1, 0.15) is 12.8 Å². The topological polar surface area (TPSA) is 69.4 Å². The highest BCUT2D eigenvalue weighted by Gasteiger charge is 2.29. The van der Waals surface area contributed by atoms with Gasteiger partial charge >= 0.3 is 0 Å². The molecule has 0 spiro atoms. The summed E-state index contributed by atoms with van der Waals surface area (Å²) in [5, 5.41) is 3.10. The van der Waals surface area contributed by atoms with Gasteiger partial charge in [0.2, 0.25) is 0 Å². The lowest BCUT2D eigenvalue weighted by Crippen LogP contribution is -2.33. The summed E-state index contributed by atoms with van der Waals surface area (Å²) in [6, 6.07) is 0. The lowest BCUT2D eigenvalue weighted by molar-refractivity contribution is 0.298. The summed E-state index contributed by atoms with van der Waals surface area (Å²) >= 11 is 0. The molecule has 1 aromatic heterocycles. The predicted octanol–water partition coefficient (Wildman–Crippen LogP) is 1.02. The lowest BCUT2D eigenvalue weighted by atomic mass is 10.2. The van der Waals surface area contributed by atoms with Crippen LogP contribution in [0.1, 0.15) is 19.3 Å². The summed E-state index contributed by atoms with van der Waals surface area (Å²) in [5.41, 5.74) is 0. The smallest absolute Gasteiger partial charge is 0.178 e. The monoisotopic (exact) mass is 231 g/mol. The van der Waals surface area contributed by atoms with E-state index < -0.39 is 9.84 Å². The van der Waals surface area contributed by atoms with Crippen LogP contribution in [0.25, 0.3) is 0 Å². The van der Waals surface area contributed by atoms with Crippen molar-refractivity contribution in [1.82, 2.24) is 5.16 Å². The quantitative estimate of drug-likeness (QED) is 0.776. The van der Waals surface area contributed by atoms with E-state index in [0.717, 1.165) is 12.8 Å². The Morgan fingerprint density at radius 1 is 1.53 bits per heavy atom. The first kappa shape index (κ1) is 10.5. The molecule has 2 heterocycles. The van der Waals surface area contributed by atoms with Crippen molar-refractivity contribution in [3.63, 3.8) is 0 Å². The van der Waals surface area contributed by atoms with Crippen molar-refractivity contribution >= 4 is 9.84 Å². The molecule has 1 fully saturated rings. The minimum absolute atomic E-state index is 0.198. The van der Waals surface area contributed by atoms with Crippen LogP contribution in [-0.2, 0) is 9.84 Å². The second-order valence-electron chi connectivity index (χ2n) is 3.66. The fourth-order valence-electron chi connectivity index (χ4n) is 1.66. The molecule has 1 aliphatic heterocycles. The first-order chi connectivity index (χ1) is 7.18. The van der Waals surface area contributed by atoms with Crippen molar-refractivity contribution < 1.29 is 17.7 Å². The molecule has 15 heavy (non-hydrogen) atoms. The normalized spacial score (nSPS) is 24.9. The number of hydrogen-bond acceptors (Lipinski definition) is 5. The zero-order chi connectivity index (χ0) is 10.7. The van der Waals surface area contributed by atoms with Crippen molar-refractivity contribution in [1.29, 1.82) is 0 Å². The second-order valence-corrected chi connectivity index (χ2v) is 6.06. The molecule has 0 amide bonds. The maximum atomic E-state index is 11.6. The van der Waals surface area contributed by atoms with Crippen LogP contribution < -0.4 is 4.74 Å². The van der Waals surface area contributed by atoms with Gasteiger partial charge in [-0.3, -0.25) is 0 Å². The summed E-state index contributed by atoms with van der Waals surface area (Å²) in [6.07, 6.45) is 5.20. The van der Waals surface area contributed by atoms with E-state index in [2.05, 4.69) is 9.68 Å². The Balaban J connectivity index is 1.94. The molecule has 1 aromatic rings. The molecule has 2 rings (SSSR count). The van der Waals surface area contributed by atoms with Crippen LogP contribution in [-0.4, -0.2) is 31.2 Å². The summed E-state index contributed by atoms with van der Waals surface area (Å²) < 4.78 is 33.1. The number of rotatable bonds is 3. The molecule has 1 atom stereocenters. The Morgan fingerprint density at radius 3 is 3.07 bits per heavy atom. The van der Waals surface area contributed by atoms with Gasteiger partial charge in [-0.25, -0.2) is 8.42 Å². The first-order valence-electron chi connectivity index (χ1n) is 4.92. The van der Waals surface area contributed by atoms with Crippen LogP contribution in [0, 0.1) is 0 Å². The zero-order valence-corrected chi connectivity index (χ0v) is 9.07. The first-order valence-corrected chi connectivity index (χ1v) is 6.64. The van der Waals surface area contributed by atoms with Gasteiger partial charge in [0.15, 0.2) is 21.8 Å². The molecule has 0 N–H and O–H groups in total. The maximum absolute atomic E-state index is 11.6. The van der Waals surface area contributed by atoms with Crippen LogP contribution in [0.15, 0.2) is 17.0 Å². The van der Waals surface area contributed by atoms with Gasteiger partial charge in [0.05, 0.1) is 11.0 Å². The highest BCUT2D eigenvalue weighted by molar-refractivity contribution is 7.92. The molecule has 84 valence electrons. The van der Waals surface area contributed by atoms with E-state index in [1.807, 2.05) is 0 Å². The standard InChI is InChI=1S/C9H13NO4S/c11-15(12)4-2-1-3-9(15)7-13-8-5-10-14-6-8/h5-6,9H,1-4,7H2. The molecule has 0 aromatic carbocycles. The van der Waals surface area contributed by atoms with E-state index in [4.69, 9.17) is 4.74 Å². The van der Waals surface area contributed by atoms with Crippen LogP contribution >= 0.6 is 0 Å². The number of ether oxygens (including phenoxy) is 1. The van der Waals surface area contributed by atoms with Crippen molar-refractivity contribution in [3.05, 3.63) is 12.5 Å². The Kier molecular flexibility index (Phi) is 2.95. The van der Waals surface area contributed by atoms with Crippen LogP contribution in [0.4, 0.5) is 0 Å². The molecule has 0 saturated carbocycles. The van der Waals surface area contributed by atoms with Gasteiger partial charge in [-0.05, 0) is 12.8 Å². The van der Waals surface area contributed by atoms with Gasteiger partial charge in [-0.1, -0.05) is 11.6 Å². The SMILES string of the molecule is O=S1(=O)CCCCC1COc1cnoc1. The third-order valence-electron chi connectivity index (χ3n) is 2.56. The molecule has 0 bridgehead atoms. The number of nitrogens with zero attached hydrogens (tertiary/aromatic N) is 1. The largest absolute Gasteiger partial charge is 0.487 e. The molecule has 1 unspecified atom stereocenters. The highest BCUT2D eigenvalue weighted by Crippen LogP contribution is 2.20. The van der Waals surface area contributed by atoms with Crippen LogP contribution in [0.2, 0.25) is 0 Å². The van der Waals surface area contributed by atoms with Gasteiger partial charge in [0, 0.05) is 0 Å². The van der Waals surface area contributed by atoms with E-state index in [1.165, 1.54) is 12.5 Å². The van der Waals surface area contributed by atoms with E-state index in [9.17, 15) is 8.42 Å². The molecule has 6 heteroatoms. The van der Waals surface area contributed by atoms with Gasteiger partial charge < -0.3 is 9.26 Å². The number of sulfone groups is 1. The van der Waals surface area contributed by atoms with Crippen molar-refractivity contribution in [2.75, 3.05) is 12.4 Å². The summed E-state index contributed by atoms with van der Waals surface area (Å²) in [7, 11) is -2.95. The summed E-state index contributed by atoms with van der Waals surface area (Å²) in [4.78, 5) is 0. The highest BCUT2D eigenvalue weighted by atomic mass is 32.2. The number of aromatic nitrogens is 1. The lowest BCUT2D eigenvalue weighted by Gasteiger charge is -2.21. The van der Waals surface area contributed by atoms with Crippen molar-refractivity contribution in [2.24, 2.45) is 0 Å². The van der Waals surface area contributed by atoms with E-state index in [-0.39, 0.29) is 17.6 Å². The molecule has 1 saturated heterocycles. The predicted molar refractivity (Wildman–Crippen MR) is 53.4 cm³/mol. The maximum Gasteiger partial charge on any atom is 0.178 e. The summed E-state index contributed by atoms with van der Waals surface area (Å²) in [5.74, 6) is 0.765. The Bertz CT molecular complexity index is 398. The Labute approximate surface area is 88.3 Å². The average molecular weight is 231 g/mol. The zero-order valence-electron chi connectivity index (χ0n) is 8.26. The average Bonchev–Trinajstić information content (AvgIpc) is 2.68. The van der Waals surface area contributed by atoms with Crippen LogP contribution in [0.3, 0.4) is 0 Å². The van der Waals surface area contributed by atoms with Gasteiger partial charge in [-0.2, -0.15) is 0 Å². The molecule has 0 radical (unpaired) electrons. The minimum atomic E-state index is -2.95. The fourth-order valence-corrected chi connectivity index (χ4v) is 3.41. The number of hydrogen-bond donors (Lipinski definition) is 0. The molecule has 0 aliphatic carbocycles. The van der Waals surface area contributed by atoms with Gasteiger partial charge in [0.25, 0.3) is 0 Å². The Morgan fingerprint density at radius 2 is 2.40 bits per heavy atom.